The lowest BCUT2D eigenvalue weighted by atomic mass is 9.95. The van der Waals surface area contributed by atoms with Crippen LogP contribution in [0.15, 0.2) is 54.6 Å². The molecule has 0 radical (unpaired) electrons. The zero-order chi connectivity index (χ0) is 24.1. The number of rotatable bonds is 15. The summed E-state index contributed by atoms with van der Waals surface area (Å²) < 4.78 is 0. The molecule has 0 aliphatic rings. The fraction of sp³-hybridized carbons (Fsp3) is 0.444. The van der Waals surface area contributed by atoms with Crippen molar-refractivity contribution in [2.75, 3.05) is 6.54 Å². The lowest BCUT2D eigenvalue weighted by Gasteiger charge is -2.20. The minimum Gasteiger partial charge on any atom is -0.384 e. The molecule has 0 spiro atoms. The van der Waals surface area contributed by atoms with E-state index in [-0.39, 0.29) is 30.0 Å². The van der Waals surface area contributed by atoms with Gasteiger partial charge in [0.15, 0.2) is 5.78 Å². The van der Waals surface area contributed by atoms with Crippen LogP contribution in [0.25, 0.3) is 0 Å². The van der Waals surface area contributed by atoms with Gasteiger partial charge in [-0.2, -0.15) is 0 Å². The first-order valence-corrected chi connectivity index (χ1v) is 11.9. The van der Waals surface area contributed by atoms with Gasteiger partial charge in [-0.05, 0) is 36.9 Å². The van der Waals surface area contributed by atoms with Gasteiger partial charge in [-0.3, -0.25) is 15.0 Å². The van der Waals surface area contributed by atoms with Gasteiger partial charge >= 0.3 is 0 Å². The van der Waals surface area contributed by atoms with Crippen LogP contribution in [0.1, 0.15) is 62.6 Å². The minimum atomic E-state index is -0.398. The van der Waals surface area contributed by atoms with E-state index in [1.807, 2.05) is 30.3 Å². The molecule has 33 heavy (non-hydrogen) atoms. The Bertz CT molecular complexity index is 881. The number of hydrogen-bond donors (Lipinski definition) is 4. The first-order valence-electron chi connectivity index (χ1n) is 11.9. The van der Waals surface area contributed by atoms with Crippen molar-refractivity contribution in [1.82, 2.24) is 10.6 Å². The van der Waals surface area contributed by atoms with Crippen molar-refractivity contribution in [2.45, 2.75) is 65.0 Å². The Balaban J connectivity index is 1.87. The summed E-state index contributed by atoms with van der Waals surface area (Å²) in [6.45, 7) is 5.16. The van der Waals surface area contributed by atoms with Gasteiger partial charge in [0.05, 0.1) is 6.04 Å². The Morgan fingerprint density at radius 3 is 2.33 bits per heavy atom. The van der Waals surface area contributed by atoms with Gasteiger partial charge in [0, 0.05) is 24.4 Å². The maximum atomic E-state index is 13.0. The van der Waals surface area contributed by atoms with Crippen LogP contribution in [0.4, 0.5) is 0 Å². The van der Waals surface area contributed by atoms with Crippen LogP contribution in [-0.4, -0.2) is 30.1 Å². The van der Waals surface area contributed by atoms with Gasteiger partial charge < -0.3 is 16.4 Å². The third kappa shape index (κ3) is 9.58. The molecule has 0 bridgehead atoms. The molecule has 6 heteroatoms. The molecule has 6 nitrogen and oxygen atoms in total. The molecule has 0 saturated carbocycles. The number of nitrogens with one attached hydrogen (secondary N) is 3. The van der Waals surface area contributed by atoms with Crippen LogP contribution in [0.2, 0.25) is 0 Å². The number of nitrogen functional groups attached to an aromatic ring is 1. The second kappa shape index (κ2) is 14.2. The van der Waals surface area contributed by atoms with Gasteiger partial charge in [-0.25, -0.2) is 0 Å². The molecule has 0 saturated heterocycles. The number of carbonyl (C=O) groups is 2. The molecule has 0 aromatic heterocycles. The average Bonchev–Trinajstić information content (AvgIpc) is 2.82. The minimum absolute atomic E-state index is 0.0165. The number of carbonyl (C=O) groups excluding carboxylic acids is 2. The van der Waals surface area contributed by atoms with E-state index in [1.165, 1.54) is 5.56 Å². The number of Topliss-reactive ketones (excluding diaryl/α,β-unsaturated/α-hetero) is 1. The topological polar surface area (TPSA) is 108 Å². The van der Waals surface area contributed by atoms with Gasteiger partial charge in [-0.1, -0.05) is 81.3 Å². The van der Waals surface area contributed by atoms with E-state index < -0.39 is 5.92 Å². The Morgan fingerprint density at radius 2 is 1.70 bits per heavy atom. The van der Waals surface area contributed by atoms with Crippen LogP contribution in [0.3, 0.4) is 0 Å². The Kier molecular flexibility index (Phi) is 11.3. The summed E-state index contributed by atoms with van der Waals surface area (Å²) in [6, 6.07) is 17.1. The lowest BCUT2D eigenvalue weighted by Crippen LogP contribution is -2.40. The van der Waals surface area contributed by atoms with E-state index in [1.54, 1.807) is 19.1 Å². The van der Waals surface area contributed by atoms with Crippen molar-refractivity contribution in [3.05, 3.63) is 71.3 Å². The Morgan fingerprint density at radius 1 is 1.00 bits per heavy atom. The summed E-state index contributed by atoms with van der Waals surface area (Å²) in [5.41, 5.74) is 8.26. The fourth-order valence-corrected chi connectivity index (χ4v) is 3.69. The smallest absolute Gasteiger partial charge is 0.223 e. The van der Waals surface area contributed by atoms with Gasteiger partial charge in [0.25, 0.3) is 0 Å². The van der Waals surface area contributed by atoms with Crippen LogP contribution in [0, 0.1) is 11.3 Å². The van der Waals surface area contributed by atoms with E-state index in [4.69, 9.17) is 11.1 Å². The van der Waals surface area contributed by atoms with Crippen LogP contribution in [-0.2, 0) is 22.6 Å². The highest BCUT2D eigenvalue weighted by atomic mass is 16.2. The molecule has 5 N–H and O–H groups in total. The molecule has 0 fully saturated rings. The molecule has 0 unspecified atom stereocenters. The predicted molar refractivity (Wildman–Crippen MR) is 134 cm³/mol. The number of ketones is 1. The number of amides is 1. The fourth-order valence-electron chi connectivity index (χ4n) is 3.69. The van der Waals surface area contributed by atoms with Crippen LogP contribution < -0.4 is 16.4 Å². The molecule has 0 aliphatic carbocycles. The van der Waals surface area contributed by atoms with E-state index in [9.17, 15) is 9.59 Å². The summed E-state index contributed by atoms with van der Waals surface area (Å²) >= 11 is 0. The second-order valence-electron chi connectivity index (χ2n) is 8.64. The average molecular weight is 451 g/mol. The quantitative estimate of drug-likeness (QED) is 0.187. The maximum Gasteiger partial charge on any atom is 0.223 e. The van der Waals surface area contributed by atoms with Gasteiger partial charge in [-0.15, -0.1) is 0 Å². The van der Waals surface area contributed by atoms with Crippen molar-refractivity contribution < 1.29 is 9.59 Å². The van der Waals surface area contributed by atoms with Crippen molar-refractivity contribution >= 4 is 17.5 Å². The molecule has 0 aliphatic heterocycles. The summed E-state index contributed by atoms with van der Waals surface area (Å²) in [5, 5.41) is 13.8. The largest absolute Gasteiger partial charge is 0.384 e. The van der Waals surface area contributed by atoms with E-state index in [0.29, 0.717) is 12.1 Å². The molecule has 2 aromatic carbocycles. The highest BCUT2D eigenvalue weighted by Gasteiger charge is 2.23. The zero-order valence-electron chi connectivity index (χ0n) is 19.9. The van der Waals surface area contributed by atoms with Crippen LogP contribution in [0.5, 0.6) is 0 Å². The van der Waals surface area contributed by atoms with Crippen molar-refractivity contribution in [3.63, 3.8) is 0 Å². The monoisotopic (exact) mass is 450 g/mol. The standard InChI is InChI=1S/C27H38N4O2/c1-3-4-8-17-30-24(16-13-21-9-6-5-7-10-21)25(32)18-20(2)27(33)31-19-22-11-14-23(15-12-22)26(28)29/h5-7,9-12,14-15,20,24,30H,3-4,8,13,16-19H2,1-2H3,(H3,28,29)(H,31,33)/t20-,24-/m1/s1. The van der Waals surface area contributed by atoms with Crippen molar-refractivity contribution in [2.24, 2.45) is 11.7 Å². The second-order valence-corrected chi connectivity index (χ2v) is 8.64. The van der Waals surface area contributed by atoms with E-state index >= 15 is 0 Å². The molecule has 178 valence electrons. The summed E-state index contributed by atoms with van der Waals surface area (Å²) in [5.74, 6) is -0.420. The number of unbranched alkanes of at least 4 members (excludes halogenated alkanes) is 2. The molecule has 0 heterocycles. The first-order chi connectivity index (χ1) is 15.9. The zero-order valence-corrected chi connectivity index (χ0v) is 19.9. The molecule has 2 aromatic rings. The van der Waals surface area contributed by atoms with Crippen LogP contribution >= 0.6 is 0 Å². The first kappa shape index (κ1) is 26.3. The van der Waals surface area contributed by atoms with E-state index in [0.717, 1.165) is 44.2 Å². The molecular weight excluding hydrogens is 412 g/mol. The van der Waals surface area contributed by atoms with E-state index in [2.05, 4.69) is 29.7 Å². The highest BCUT2D eigenvalue weighted by molar-refractivity contribution is 5.94. The molecule has 2 rings (SSSR count). The third-order valence-corrected chi connectivity index (χ3v) is 5.81. The van der Waals surface area contributed by atoms with Crippen molar-refractivity contribution in [3.8, 4) is 0 Å². The Hall–Kier alpha value is -2.99. The Labute approximate surface area is 197 Å². The molecule has 2 atom stereocenters. The SMILES string of the molecule is CCCCCN[C@H](CCc1ccccc1)C(=O)C[C@@H](C)C(=O)NCc1ccc(C(=N)N)cc1. The summed E-state index contributed by atoms with van der Waals surface area (Å²) in [6.07, 6.45) is 5.10. The highest BCUT2D eigenvalue weighted by Crippen LogP contribution is 2.12. The number of benzene rings is 2. The summed E-state index contributed by atoms with van der Waals surface area (Å²) in [7, 11) is 0. The van der Waals surface area contributed by atoms with Gasteiger partial charge in [0.1, 0.15) is 5.84 Å². The maximum absolute atomic E-state index is 13.0. The number of aryl methyl sites for hydroxylation is 1. The predicted octanol–water partition coefficient (Wildman–Crippen LogP) is 3.96. The summed E-state index contributed by atoms with van der Waals surface area (Å²) in [4.78, 5) is 25.6. The lowest BCUT2D eigenvalue weighted by molar-refractivity contribution is -0.129. The number of amidine groups is 1. The molecular formula is C27H38N4O2. The third-order valence-electron chi connectivity index (χ3n) is 5.81. The van der Waals surface area contributed by atoms with Crippen molar-refractivity contribution in [1.29, 1.82) is 5.41 Å². The van der Waals surface area contributed by atoms with Gasteiger partial charge in [0.2, 0.25) is 5.91 Å². The number of nitrogens with two attached hydrogens (primary N) is 1. The number of hydrogen-bond acceptors (Lipinski definition) is 4. The normalized spacial score (nSPS) is 12.7. The molecule has 1 amide bonds.